The lowest BCUT2D eigenvalue weighted by Gasteiger charge is -2.18. The minimum atomic E-state index is 0.0450. The van der Waals surface area contributed by atoms with Gasteiger partial charge in [0, 0.05) is 38.8 Å². The Balaban J connectivity index is 2.03. The summed E-state index contributed by atoms with van der Waals surface area (Å²) in [5.74, 6) is 0.0450. The summed E-state index contributed by atoms with van der Waals surface area (Å²) in [6.07, 6.45) is 0. The van der Waals surface area contributed by atoms with E-state index in [2.05, 4.69) is 45.1 Å². The van der Waals surface area contributed by atoms with Gasteiger partial charge in [-0.1, -0.05) is 12.1 Å². The van der Waals surface area contributed by atoms with E-state index in [1.807, 2.05) is 32.6 Å². The lowest BCUT2D eigenvalue weighted by molar-refractivity contribution is 0.0785. The van der Waals surface area contributed by atoms with Crippen molar-refractivity contribution in [2.75, 3.05) is 26.0 Å². The Kier molecular flexibility index (Phi) is 4.83. The second-order valence-electron chi connectivity index (χ2n) is 4.86. The third kappa shape index (κ3) is 3.61. The molecule has 106 valence electrons. The van der Waals surface area contributed by atoms with Gasteiger partial charge in [0.25, 0.3) is 5.91 Å². The average Bonchev–Trinajstić information content (AvgIpc) is 2.85. The lowest BCUT2D eigenvalue weighted by atomic mass is 10.2. The minimum absolute atomic E-state index is 0.0450. The molecule has 2 rings (SSSR count). The van der Waals surface area contributed by atoms with Gasteiger partial charge in [0.1, 0.15) is 0 Å². The van der Waals surface area contributed by atoms with Gasteiger partial charge in [0.05, 0.1) is 9.35 Å². The first kappa shape index (κ1) is 15.1. The number of hydrogen-bond donors (Lipinski definition) is 0. The number of carbonyl (C=O) groups excluding carboxylic acids is 1. The first-order valence-electron chi connectivity index (χ1n) is 6.23. The fraction of sp³-hybridized carbons (Fsp3) is 0.267. The fourth-order valence-electron chi connectivity index (χ4n) is 1.89. The number of amides is 1. The molecule has 5 heteroatoms. The summed E-state index contributed by atoms with van der Waals surface area (Å²) < 4.78 is 0.976. The monoisotopic (exact) mass is 352 g/mol. The second kappa shape index (κ2) is 6.41. The SMILES string of the molecule is CN(Cc1ccc(N(C)C)cc1)C(=O)c1csc(Br)c1. The normalized spacial score (nSPS) is 10.4. The first-order chi connectivity index (χ1) is 9.47. The van der Waals surface area contributed by atoms with Crippen LogP contribution in [0.1, 0.15) is 15.9 Å². The predicted molar refractivity (Wildman–Crippen MR) is 88.6 cm³/mol. The van der Waals surface area contributed by atoms with E-state index in [1.54, 1.807) is 4.90 Å². The number of carbonyl (C=O) groups is 1. The highest BCUT2D eigenvalue weighted by molar-refractivity contribution is 9.11. The van der Waals surface area contributed by atoms with Crippen molar-refractivity contribution in [2.45, 2.75) is 6.54 Å². The first-order valence-corrected chi connectivity index (χ1v) is 7.90. The molecule has 0 N–H and O–H groups in total. The number of benzene rings is 1. The molecule has 0 bridgehead atoms. The van der Waals surface area contributed by atoms with Gasteiger partial charge in [0.2, 0.25) is 0 Å². The molecule has 0 saturated heterocycles. The number of hydrogen-bond acceptors (Lipinski definition) is 3. The Morgan fingerprint density at radius 2 is 1.85 bits per heavy atom. The molecule has 2 aromatic rings. The fourth-order valence-corrected chi connectivity index (χ4v) is 3.02. The zero-order chi connectivity index (χ0) is 14.7. The van der Waals surface area contributed by atoms with Gasteiger partial charge in [-0.3, -0.25) is 4.79 Å². The molecule has 3 nitrogen and oxygen atoms in total. The lowest BCUT2D eigenvalue weighted by Crippen LogP contribution is -2.25. The number of nitrogens with zero attached hydrogens (tertiary/aromatic N) is 2. The Morgan fingerprint density at radius 1 is 1.20 bits per heavy atom. The van der Waals surface area contributed by atoms with Crippen molar-refractivity contribution < 1.29 is 4.79 Å². The minimum Gasteiger partial charge on any atom is -0.378 e. The van der Waals surface area contributed by atoms with Crippen LogP contribution in [0.3, 0.4) is 0 Å². The van der Waals surface area contributed by atoms with E-state index in [9.17, 15) is 4.79 Å². The topological polar surface area (TPSA) is 23.6 Å². The van der Waals surface area contributed by atoms with Crippen LogP contribution in [0.2, 0.25) is 0 Å². The summed E-state index contributed by atoms with van der Waals surface area (Å²) >= 11 is 4.91. The number of anilines is 1. The van der Waals surface area contributed by atoms with Gasteiger partial charge in [-0.05, 0) is 39.7 Å². The molecule has 1 aromatic heterocycles. The van der Waals surface area contributed by atoms with Gasteiger partial charge in [-0.2, -0.15) is 0 Å². The number of thiophene rings is 1. The molecule has 1 aromatic carbocycles. The van der Waals surface area contributed by atoms with Crippen LogP contribution < -0.4 is 4.90 Å². The van der Waals surface area contributed by atoms with Gasteiger partial charge < -0.3 is 9.80 Å². The van der Waals surface area contributed by atoms with Gasteiger partial charge >= 0.3 is 0 Å². The molecule has 0 saturated carbocycles. The van der Waals surface area contributed by atoms with Crippen LogP contribution in [0.4, 0.5) is 5.69 Å². The summed E-state index contributed by atoms with van der Waals surface area (Å²) in [5.41, 5.74) is 3.01. The quantitative estimate of drug-likeness (QED) is 0.834. The molecular formula is C15H17BrN2OS. The Bertz CT molecular complexity index is 592. The van der Waals surface area contributed by atoms with E-state index in [-0.39, 0.29) is 5.91 Å². The van der Waals surface area contributed by atoms with E-state index in [0.717, 1.165) is 20.6 Å². The van der Waals surface area contributed by atoms with Crippen LogP contribution in [0.25, 0.3) is 0 Å². The van der Waals surface area contributed by atoms with Crippen LogP contribution in [0.15, 0.2) is 39.5 Å². The van der Waals surface area contributed by atoms with Crippen molar-refractivity contribution in [3.63, 3.8) is 0 Å². The van der Waals surface area contributed by atoms with Crippen molar-refractivity contribution in [3.8, 4) is 0 Å². The van der Waals surface area contributed by atoms with Gasteiger partial charge in [-0.15, -0.1) is 11.3 Å². The van der Waals surface area contributed by atoms with Crippen LogP contribution in [0, 0.1) is 0 Å². The highest BCUT2D eigenvalue weighted by atomic mass is 79.9. The molecular weight excluding hydrogens is 336 g/mol. The molecule has 0 aliphatic heterocycles. The van der Waals surface area contributed by atoms with Crippen molar-refractivity contribution in [2.24, 2.45) is 0 Å². The predicted octanol–water partition coefficient (Wildman–Crippen LogP) is 3.85. The number of rotatable bonds is 4. The smallest absolute Gasteiger partial charge is 0.254 e. The van der Waals surface area contributed by atoms with Gasteiger partial charge in [-0.25, -0.2) is 0 Å². The van der Waals surface area contributed by atoms with E-state index in [1.165, 1.54) is 11.3 Å². The van der Waals surface area contributed by atoms with Crippen molar-refractivity contribution in [3.05, 3.63) is 50.6 Å². The summed E-state index contributed by atoms with van der Waals surface area (Å²) in [6.45, 7) is 0.611. The Hall–Kier alpha value is -1.33. The summed E-state index contributed by atoms with van der Waals surface area (Å²) in [7, 11) is 5.85. The molecule has 0 spiro atoms. The maximum atomic E-state index is 12.2. The van der Waals surface area contributed by atoms with E-state index < -0.39 is 0 Å². The van der Waals surface area contributed by atoms with Crippen LogP contribution in [0.5, 0.6) is 0 Å². The van der Waals surface area contributed by atoms with Crippen LogP contribution >= 0.6 is 27.3 Å². The molecule has 0 radical (unpaired) electrons. The largest absolute Gasteiger partial charge is 0.378 e. The zero-order valence-corrected chi connectivity index (χ0v) is 14.2. The van der Waals surface area contributed by atoms with Crippen LogP contribution in [-0.2, 0) is 6.54 Å². The average molecular weight is 353 g/mol. The molecule has 0 atom stereocenters. The summed E-state index contributed by atoms with van der Waals surface area (Å²) in [5, 5.41) is 1.87. The Morgan fingerprint density at radius 3 is 2.35 bits per heavy atom. The second-order valence-corrected chi connectivity index (χ2v) is 7.15. The standard InChI is InChI=1S/C15H17BrN2OS/c1-17(2)13-6-4-11(5-7-13)9-18(3)15(19)12-8-14(16)20-10-12/h4-8,10H,9H2,1-3H3. The molecule has 20 heavy (non-hydrogen) atoms. The van der Waals surface area contributed by atoms with E-state index in [0.29, 0.717) is 6.54 Å². The molecule has 0 aliphatic carbocycles. The summed E-state index contributed by atoms with van der Waals surface area (Å²) in [4.78, 5) is 16.0. The van der Waals surface area contributed by atoms with E-state index >= 15 is 0 Å². The molecule has 0 aliphatic rings. The highest BCUT2D eigenvalue weighted by Gasteiger charge is 2.13. The van der Waals surface area contributed by atoms with Crippen molar-refractivity contribution in [1.29, 1.82) is 0 Å². The zero-order valence-electron chi connectivity index (χ0n) is 11.8. The van der Waals surface area contributed by atoms with E-state index in [4.69, 9.17) is 0 Å². The van der Waals surface area contributed by atoms with Crippen LogP contribution in [-0.4, -0.2) is 32.0 Å². The van der Waals surface area contributed by atoms with Crippen molar-refractivity contribution in [1.82, 2.24) is 4.90 Å². The number of halogens is 1. The van der Waals surface area contributed by atoms with Gasteiger partial charge in [0.15, 0.2) is 0 Å². The van der Waals surface area contributed by atoms with Crippen molar-refractivity contribution >= 4 is 38.9 Å². The molecule has 1 heterocycles. The molecule has 0 fully saturated rings. The maximum absolute atomic E-state index is 12.2. The third-order valence-corrected chi connectivity index (χ3v) is 4.54. The molecule has 1 amide bonds. The Labute approximate surface area is 132 Å². The third-order valence-electron chi connectivity index (χ3n) is 3.03. The summed E-state index contributed by atoms with van der Waals surface area (Å²) in [6, 6.07) is 10.1. The highest BCUT2D eigenvalue weighted by Crippen LogP contribution is 2.22. The maximum Gasteiger partial charge on any atom is 0.254 e. The molecule has 0 unspecified atom stereocenters.